The third-order valence-corrected chi connectivity index (χ3v) is 8.00. The van der Waals surface area contributed by atoms with E-state index in [4.69, 9.17) is 5.73 Å². The van der Waals surface area contributed by atoms with E-state index >= 15 is 0 Å². The van der Waals surface area contributed by atoms with Gasteiger partial charge in [0.05, 0.1) is 4.90 Å². The van der Waals surface area contributed by atoms with Crippen LogP contribution in [0.2, 0.25) is 0 Å². The summed E-state index contributed by atoms with van der Waals surface area (Å²) in [7, 11) is -3.54. The highest BCUT2D eigenvalue weighted by Gasteiger charge is 2.36. The summed E-state index contributed by atoms with van der Waals surface area (Å²) in [6, 6.07) is 3.88. The maximum atomic E-state index is 13.1. The lowest BCUT2D eigenvalue weighted by Gasteiger charge is -2.32. The van der Waals surface area contributed by atoms with Crippen molar-refractivity contribution in [3.05, 3.63) is 28.8 Å². The molecule has 1 atom stereocenters. The molecule has 8 heteroatoms. The van der Waals surface area contributed by atoms with Crippen molar-refractivity contribution >= 4 is 28.3 Å². The fraction of sp³-hybridized carbons (Fsp3) is 0.650. The van der Waals surface area contributed by atoms with Crippen molar-refractivity contribution in [1.29, 1.82) is 0 Å². The number of benzene rings is 1. The Balaban J connectivity index is 0.00000280. The molecule has 1 saturated heterocycles. The number of hydrogen-bond acceptors (Lipinski definition) is 4. The van der Waals surface area contributed by atoms with Gasteiger partial charge in [-0.2, -0.15) is 4.31 Å². The fourth-order valence-electron chi connectivity index (χ4n) is 4.23. The Morgan fingerprint density at radius 1 is 1.14 bits per heavy atom. The molecule has 2 aliphatic rings. The summed E-state index contributed by atoms with van der Waals surface area (Å²) in [5.41, 5.74) is 8.39. The molecule has 1 aliphatic carbocycles. The number of aryl methyl sites for hydroxylation is 3. The molecule has 3 N–H and O–H groups in total. The number of halogens is 1. The molecule has 158 valence electrons. The van der Waals surface area contributed by atoms with Crippen molar-refractivity contribution < 1.29 is 13.2 Å². The molecule has 3 rings (SSSR count). The second-order valence-electron chi connectivity index (χ2n) is 8.09. The van der Waals surface area contributed by atoms with E-state index in [1.807, 2.05) is 32.9 Å². The molecular weight excluding hydrogens is 398 g/mol. The summed E-state index contributed by atoms with van der Waals surface area (Å²) in [5, 5.41) is 3.08. The molecule has 2 fully saturated rings. The molecule has 1 aliphatic heterocycles. The number of rotatable bonds is 6. The number of amides is 1. The Morgan fingerprint density at radius 3 is 2.14 bits per heavy atom. The van der Waals surface area contributed by atoms with E-state index < -0.39 is 10.0 Å². The van der Waals surface area contributed by atoms with Crippen LogP contribution in [0.15, 0.2) is 17.0 Å². The van der Waals surface area contributed by atoms with Crippen molar-refractivity contribution in [2.24, 2.45) is 17.6 Å². The van der Waals surface area contributed by atoms with Crippen LogP contribution in [0.4, 0.5) is 0 Å². The molecule has 0 spiro atoms. The van der Waals surface area contributed by atoms with Crippen LogP contribution in [0, 0.1) is 32.6 Å². The molecule has 1 aromatic carbocycles. The van der Waals surface area contributed by atoms with Crippen LogP contribution in [-0.4, -0.2) is 44.3 Å². The van der Waals surface area contributed by atoms with Crippen LogP contribution in [-0.2, 0) is 14.8 Å². The van der Waals surface area contributed by atoms with Crippen molar-refractivity contribution in [1.82, 2.24) is 9.62 Å². The highest BCUT2D eigenvalue weighted by atomic mass is 35.5. The van der Waals surface area contributed by atoms with E-state index in [0.717, 1.165) is 29.5 Å². The van der Waals surface area contributed by atoms with Gasteiger partial charge in [0.25, 0.3) is 0 Å². The third kappa shape index (κ3) is 4.87. The summed E-state index contributed by atoms with van der Waals surface area (Å²) in [4.78, 5) is 12.9. The molecule has 1 heterocycles. The minimum Gasteiger partial charge on any atom is -0.352 e. The molecule has 28 heavy (non-hydrogen) atoms. The van der Waals surface area contributed by atoms with Gasteiger partial charge in [0.2, 0.25) is 15.9 Å². The molecule has 1 aromatic rings. The van der Waals surface area contributed by atoms with Gasteiger partial charge in [0.15, 0.2) is 0 Å². The van der Waals surface area contributed by atoms with Gasteiger partial charge in [0.1, 0.15) is 0 Å². The van der Waals surface area contributed by atoms with Crippen molar-refractivity contribution in [3.63, 3.8) is 0 Å². The fourth-order valence-corrected chi connectivity index (χ4v) is 6.11. The monoisotopic (exact) mass is 429 g/mol. The molecule has 0 radical (unpaired) electrons. The van der Waals surface area contributed by atoms with Crippen molar-refractivity contribution in [2.75, 3.05) is 19.6 Å². The maximum Gasteiger partial charge on any atom is 0.243 e. The first-order valence-corrected chi connectivity index (χ1v) is 11.3. The summed E-state index contributed by atoms with van der Waals surface area (Å²) < 4.78 is 27.8. The lowest BCUT2D eigenvalue weighted by atomic mass is 9.96. The van der Waals surface area contributed by atoms with E-state index in [1.54, 1.807) is 0 Å². The topological polar surface area (TPSA) is 92.5 Å². The standard InChI is InChI=1S/C20H31N3O3S.ClH/c1-13-10-14(2)19(15(3)11-13)27(25,26)23-8-6-17(7-9-23)20(24)22-18(12-21)16-4-5-16;/h10-11,16-18H,4-9,12,21H2,1-3H3,(H,22,24);1H. The molecule has 1 unspecified atom stereocenters. The SMILES string of the molecule is Cc1cc(C)c(S(=O)(=O)N2CCC(C(=O)NC(CN)C3CC3)CC2)c(C)c1.Cl. The van der Waals surface area contributed by atoms with E-state index in [-0.39, 0.29) is 30.3 Å². The number of nitrogens with one attached hydrogen (secondary N) is 1. The quantitative estimate of drug-likeness (QED) is 0.725. The number of sulfonamides is 1. The Bertz CT molecular complexity index is 793. The molecule has 1 saturated carbocycles. The predicted molar refractivity (Wildman–Crippen MR) is 113 cm³/mol. The maximum absolute atomic E-state index is 13.1. The van der Waals surface area contributed by atoms with Gasteiger partial charge in [-0.1, -0.05) is 17.7 Å². The Hall–Kier alpha value is -1.15. The third-order valence-electron chi connectivity index (χ3n) is 5.80. The predicted octanol–water partition coefficient (Wildman–Crippen LogP) is 2.29. The number of carbonyl (C=O) groups excluding carboxylic acids is 1. The highest BCUT2D eigenvalue weighted by molar-refractivity contribution is 7.89. The largest absolute Gasteiger partial charge is 0.352 e. The van der Waals surface area contributed by atoms with Gasteiger partial charge in [-0.05, 0) is 63.5 Å². The second-order valence-corrected chi connectivity index (χ2v) is 9.97. The zero-order valence-electron chi connectivity index (χ0n) is 16.9. The zero-order chi connectivity index (χ0) is 19.8. The van der Waals surface area contributed by atoms with Crippen LogP contribution in [0.5, 0.6) is 0 Å². The molecule has 0 bridgehead atoms. The molecular formula is C20H32ClN3O3S. The average Bonchev–Trinajstić information content (AvgIpc) is 3.43. The second kappa shape index (κ2) is 9.11. The van der Waals surface area contributed by atoms with Gasteiger partial charge >= 0.3 is 0 Å². The summed E-state index contributed by atoms with van der Waals surface area (Å²) in [6.45, 7) is 6.88. The summed E-state index contributed by atoms with van der Waals surface area (Å²) in [6.07, 6.45) is 3.37. The Morgan fingerprint density at radius 2 is 1.68 bits per heavy atom. The first kappa shape index (κ1) is 23.1. The van der Waals surface area contributed by atoms with Crippen molar-refractivity contribution in [3.8, 4) is 0 Å². The van der Waals surface area contributed by atoms with E-state index in [2.05, 4.69) is 5.32 Å². The molecule has 6 nitrogen and oxygen atoms in total. The van der Waals surface area contributed by atoms with Crippen molar-refractivity contribution in [2.45, 2.75) is 57.4 Å². The smallest absolute Gasteiger partial charge is 0.243 e. The van der Waals surface area contributed by atoms with E-state index in [9.17, 15) is 13.2 Å². The Kier molecular flexibility index (Phi) is 7.53. The first-order chi connectivity index (χ1) is 12.7. The van der Waals surface area contributed by atoms with E-state index in [1.165, 1.54) is 4.31 Å². The highest BCUT2D eigenvalue weighted by Crippen LogP contribution is 2.33. The van der Waals surface area contributed by atoms with Crippen LogP contribution in [0.3, 0.4) is 0 Å². The van der Waals surface area contributed by atoms with Crippen LogP contribution >= 0.6 is 12.4 Å². The van der Waals surface area contributed by atoms with Gasteiger partial charge in [-0.3, -0.25) is 4.79 Å². The van der Waals surface area contributed by atoms with Crippen LogP contribution < -0.4 is 11.1 Å². The number of nitrogens with two attached hydrogens (primary N) is 1. The van der Waals surface area contributed by atoms with Crippen LogP contribution in [0.25, 0.3) is 0 Å². The normalized spacial score (nSPS) is 19.7. The summed E-state index contributed by atoms with van der Waals surface area (Å²) >= 11 is 0. The zero-order valence-corrected chi connectivity index (χ0v) is 18.5. The van der Waals surface area contributed by atoms with Gasteiger partial charge < -0.3 is 11.1 Å². The molecule has 1 amide bonds. The summed E-state index contributed by atoms with van der Waals surface area (Å²) in [5.74, 6) is 0.411. The van der Waals surface area contributed by atoms with Gasteiger partial charge in [0, 0.05) is 31.6 Å². The minimum absolute atomic E-state index is 0. The lowest BCUT2D eigenvalue weighted by molar-refractivity contribution is -0.126. The van der Waals surface area contributed by atoms with Gasteiger partial charge in [-0.25, -0.2) is 8.42 Å². The Labute approximate surface area is 174 Å². The molecule has 0 aromatic heterocycles. The van der Waals surface area contributed by atoms with Gasteiger partial charge in [-0.15, -0.1) is 12.4 Å². The number of piperidine rings is 1. The minimum atomic E-state index is -3.54. The van der Waals surface area contributed by atoms with E-state index in [0.29, 0.717) is 43.3 Å². The number of hydrogen-bond donors (Lipinski definition) is 2. The average molecular weight is 430 g/mol. The lowest BCUT2D eigenvalue weighted by Crippen LogP contribution is -2.48. The first-order valence-electron chi connectivity index (χ1n) is 9.82. The number of carbonyl (C=O) groups is 1. The number of nitrogens with zero attached hydrogens (tertiary/aromatic N) is 1. The van der Waals surface area contributed by atoms with Crippen LogP contribution in [0.1, 0.15) is 42.4 Å².